The van der Waals surface area contributed by atoms with Crippen LogP contribution in [-0.2, 0) is 4.79 Å². The zero-order valence-corrected chi connectivity index (χ0v) is 12.1. The number of benzene rings is 1. The predicted molar refractivity (Wildman–Crippen MR) is 76.2 cm³/mol. The SMILES string of the molecule is Cc1cccc(C(=O)NC(CC(C)C)C(=O)O)c1[N+](=O)[O-]. The number of nitro groups is 1. The minimum Gasteiger partial charge on any atom is -0.480 e. The Morgan fingerprint density at radius 3 is 2.48 bits per heavy atom. The van der Waals surface area contributed by atoms with Gasteiger partial charge < -0.3 is 10.4 Å². The second-order valence-electron chi connectivity index (χ2n) is 5.22. The van der Waals surface area contributed by atoms with E-state index >= 15 is 0 Å². The number of carboxylic acids is 1. The lowest BCUT2D eigenvalue weighted by atomic mass is 10.0. The van der Waals surface area contributed by atoms with Crippen molar-refractivity contribution in [1.82, 2.24) is 5.32 Å². The highest BCUT2D eigenvalue weighted by Crippen LogP contribution is 2.23. The van der Waals surface area contributed by atoms with E-state index in [1.54, 1.807) is 0 Å². The molecule has 1 amide bonds. The normalized spacial score (nSPS) is 12.0. The monoisotopic (exact) mass is 294 g/mol. The van der Waals surface area contributed by atoms with Gasteiger partial charge in [0.15, 0.2) is 0 Å². The van der Waals surface area contributed by atoms with Crippen LogP contribution in [0.3, 0.4) is 0 Å². The van der Waals surface area contributed by atoms with Crippen LogP contribution in [0.25, 0.3) is 0 Å². The van der Waals surface area contributed by atoms with Crippen molar-refractivity contribution in [2.45, 2.75) is 33.2 Å². The highest BCUT2D eigenvalue weighted by Gasteiger charge is 2.27. The smallest absolute Gasteiger partial charge is 0.326 e. The summed E-state index contributed by atoms with van der Waals surface area (Å²) in [4.78, 5) is 33.7. The van der Waals surface area contributed by atoms with Gasteiger partial charge in [-0.25, -0.2) is 4.79 Å². The van der Waals surface area contributed by atoms with E-state index in [1.165, 1.54) is 25.1 Å². The minimum absolute atomic E-state index is 0.0684. The maximum Gasteiger partial charge on any atom is 0.326 e. The van der Waals surface area contributed by atoms with Gasteiger partial charge in [0, 0.05) is 5.56 Å². The molecule has 0 aromatic heterocycles. The summed E-state index contributed by atoms with van der Waals surface area (Å²) in [6, 6.07) is 3.29. The molecule has 0 saturated carbocycles. The lowest BCUT2D eigenvalue weighted by Crippen LogP contribution is -2.41. The molecule has 21 heavy (non-hydrogen) atoms. The molecule has 1 rings (SSSR count). The summed E-state index contributed by atoms with van der Waals surface area (Å²) >= 11 is 0. The van der Waals surface area contributed by atoms with E-state index in [0.29, 0.717) is 5.56 Å². The van der Waals surface area contributed by atoms with Gasteiger partial charge in [0.2, 0.25) is 0 Å². The number of aliphatic carboxylic acids is 1. The molecule has 0 bridgehead atoms. The Kier molecular flexibility index (Phi) is 5.40. The highest BCUT2D eigenvalue weighted by molar-refractivity contribution is 6.00. The Morgan fingerprint density at radius 2 is 2.00 bits per heavy atom. The van der Waals surface area contributed by atoms with Gasteiger partial charge in [0.25, 0.3) is 11.6 Å². The summed E-state index contributed by atoms with van der Waals surface area (Å²) in [7, 11) is 0. The minimum atomic E-state index is -1.16. The lowest BCUT2D eigenvalue weighted by Gasteiger charge is -2.16. The molecular formula is C14H18N2O5. The molecule has 7 nitrogen and oxygen atoms in total. The van der Waals surface area contributed by atoms with Gasteiger partial charge in [0.05, 0.1) is 4.92 Å². The van der Waals surface area contributed by atoms with Crippen LogP contribution in [0.2, 0.25) is 0 Å². The van der Waals surface area contributed by atoms with Gasteiger partial charge in [-0.05, 0) is 25.3 Å². The van der Waals surface area contributed by atoms with Crippen molar-refractivity contribution >= 4 is 17.6 Å². The second-order valence-corrected chi connectivity index (χ2v) is 5.22. The Bertz CT molecular complexity index is 568. The molecule has 0 aliphatic rings. The topological polar surface area (TPSA) is 110 Å². The van der Waals surface area contributed by atoms with Crippen LogP contribution in [0.4, 0.5) is 5.69 Å². The van der Waals surface area contributed by atoms with Crippen LogP contribution in [0.5, 0.6) is 0 Å². The number of amides is 1. The Labute approximate surface area is 122 Å². The first-order valence-corrected chi connectivity index (χ1v) is 6.51. The number of hydrogen-bond donors (Lipinski definition) is 2. The van der Waals surface area contributed by atoms with Crippen LogP contribution < -0.4 is 5.32 Å². The van der Waals surface area contributed by atoms with E-state index in [1.807, 2.05) is 13.8 Å². The first kappa shape index (κ1) is 16.6. The Morgan fingerprint density at radius 1 is 1.38 bits per heavy atom. The van der Waals surface area contributed by atoms with Crippen LogP contribution in [0, 0.1) is 23.0 Å². The third-order valence-electron chi connectivity index (χ3n) is 2.98. The standard InChI is InChI=1S/C14H18N2O5/c1-8(2)7-11(14(18)19)15-13(17)10-6-4-5-9(3)12(10)16(20)21/h4-6,8,11H,7H2,1-3H3,(H,15,17)(H,18,19). The lowest BCUT2D eigenvalue weighted by molar-refractivity contribution is -0.385. The van der Waals surface area contributed by atoms with Gasteiger partial charge in [-0.3, -0.25) is 14.9 Å². The quantitative estimate of drug-likeness (QED) is 0.617. The maximum atomic E-state index is 12.1. The van der Waals surface area contributed by atoms with Gasteiger partial charge in [-0.15, -0.1) is 0 Å². The maximum absolute atomic E-state index is 12.1. The number of carboxylic acid groups (broad SMARTS) is 1. The zero-order valence-electron chi connectivity index (χ0n) is 12.1. The Balaban J connectivity index is 3.06. The molecule has 2 N–H and O–H groups in total. The van der Waals surface area contributed by atoms with Crippen LogP contribution in [-0.4, -0.2) is 27.9 Å². The zero-order chi connectivity index (χ0) is 16.2. The van der Waals surface area contributed by atoms with E-state index in [4.69, 9.17) is 5.11 Å². The summed E-state index contributed by atoms with van der Waals surface area (Å²) in [5, 5.41) is 22.5. The molecule has 0 fully saturated rings. The van der Waals surface area contributed by atoms with E-state index in [2.05, 4.69) is 5.32 Å². The molecule has 7 heteroatoms. The van der Waals surface area contributed by atoms with Crippen molar-refractivity contribution in [3.63, 3.8) is 0 Å². The fourth-order valence-electron chi connectivity index (χ4n) is 2.01. The third kappa shape index (κ3) is 4.27. The fraction of sp³-hybridized carbons (Fsp3) is 0.429. The predicted octanol–water partition coefficient (Wildman–Crippen LogP) is 2.13. The number of nitrogens with one attached hydrogen (secondary N) is 1. The number of para-hydroxylation sites is 1. The van der Waals surface area contributed by atoms with Crippen molar-refractivity contribution in [2.75, 3.05) is 0 Å². The number of hydrogen-bond acceptors (Lipinski definition) is 4. The molecule has 0 saturated heterocycles. The average molecular weight is 294 g/mol. The molecule has 1 aromatic carbocycles. The molecule has 114 valence electrons. The molecule has 0 heterocycles. The number of carbonyl (C=O) groups is 2. The van der Waals surface area contributed by atoms with E-state index < -0.39 is 22.8 Å². The van der Waals surface area contributed by atoms with Crippen molar-refractivity contribution < 1.29 is 19.6 Å². The molecule has 0 radical (unpaired) electrons. The largest absolute Gasteiger partial charge is 0.480 e. The van der Waals surface area contributed by atoms with Crippen LogP contribution >= 0.6 is 0 Å². The van der Waals surface area contributed by atoms with Crippen LogP contribution in [0.1, 0.15) is 36.2 Å². The summed E-state index contributed by atoms with van der Waals surface area (Å²) in [6.45, 7) is 5.19. The fourth-order valence-corrected chi connectivity index (χ4v) is 2.01. The first-order valence-electron chi connectivity index (χ1n) is 6.51. The van der Waals surface area contributed by atoms with Gasteiger partial charge >= 0.3 is 5.97 Å². The number of rotatable bonds is 6. The molecule has 1 aromatic rings. The molecule has 1 atom stereocenters. The number of aryl methyl sites for hydroxylation is 1. The summed E-state index contributed by atoms with van der Waals surface area (Å²) in [6.07, 6.45) is 0.251. The van der Waals surface area contributed by atoms with Crippen molar-refractivity contribution in [1.29, 1.82) is 0 Å². The number of nitrogens with zero attached hydrogens (tertiary/aromatic N) is 1. The summed E-state index contributed by atoms with van der Waals surface area (Å²) in [5.74, 6) is -1.84. The van der Waals surface area contributed by atoms with Gasteiger partial charge in [-0.1, -0.05) is 26.0 Å². The molecular weight excluding hydrogens is 276 g/mol. The number of carbonyl (C=O) groups excluding carboxylic acids is 1. The average Bonchev–Trinajstić information content (AvgIpc) is 2.36. The summed E-state index contributed by atoms with van der Waals surface area (Å²) in [5.41, 5.74) is -0.0814. The number of nitro benzene ring substituents is 1. The van der Waals surface area contributed by atoms with E-state index in [9.17, 15) is 19.7 Å². The van der Waals surface area contributed by atoms with Gasteiger partial charge in [0.1, 0.15) is 11.6 Å². The molecule has 0 spiro atoms. The molecule has 0 aliphatic heterocycles. The molecule has 0 aliphatic carbocycles. The Hall–Kier alpha value is -2.44. The van der Waals surface area contributed by atoms with Crippen molar-refractivity contribution in [2.24, 2.45) is 5.92 Å². The van der Waals surface area contributed by atoms with E-state index in [-0.39, 0.29) is 23.6 Å². The van der Waals surface area contributed by atoms with Crippen LogP contribution in [0.15, 0.2) is 18.2 Å². The van der Waals surface area contributed by atoms with Gasteiger partial charge in [-0.2, -0.15) is 0 Å². The summed E-state index contributed by atoms with van der Waals surface area (Å²) < 4.78 is 0. The highest BCUT2D eigenvalue weighted by atomic mass is 16.6. The van der Waals surface area contributed by atoms with Crippen molar-refractivity contribution in [3.05, 3.63) is 39.4 Å². The second kappa shape index (κ2) is 6.83. The van der Waals surface area contributed by atoms with Crippen molar-refractivity contribution in [3.8, 4) is 0 Å². The van der Waals surface area contributed by atoms with E-state index in [0.717, 1.165) is 0 Å². The molecule has 1 unspecified atom stereocenters. The first-order chi connectivity index (χ1) is 9.73. The third-order valence-corrected chi connectivity index (χ3v) is 2.98.